The summed E-state index contributed by atoms with van der Waals surface area (Å²) in [7, 11) is -3.40. The van der Waals surface area contributed by atoms with Crippen LogP contribution in [0.4, 0.5) is 4.79 Å². The van der Waals surface area contributed by atoms with Gasteiger partial charge in [-0.1, -0.05) is 30.3 Å². The van der Waals surface area contributed by atoms with Gasteiger partial charge in [-0.3, -0.25) is 0 Å². The summed E-state index contributed by atoms with van der Waals surface area (Å²) in [4.78, 5) is 11.6. The first-order valence-corrected chi connectivity index (χ1v) is 9.34. The molecule has 1 aromatic carbocycles. The minimum Gasteiger partial charge on any atom is -0.444 e. The number of amides is 1. The molecule has 0 fully saturated rings. The summed E-state index contributed by atoms with van der Waals surface area (Å²) in [5.74, 6) is 0. The Morgan fingerprint density at radius 2 is 1.83 bits per heavy atom. The Labute approximate surface area is 138 Å². The first-order valence-electron chi connectivity index (χ1n) is 7.49. The summed E-state index contributed by atoms with van der Waals surface area (Å²) >= 11 is 0. The summed E-state index contributed by atoms with van der Waals surface area (Å²) in [5.41, 5.74) is 0.313. The summed E-state index contributed by atoms with van der Waals surface area (Å²) in [6.45, 7) is 7.49. The smallest absolute Gasteiger partial charge is 0.407 e. The lowest BCUT2D eigenvalue weighted by Crippen LogP contribution is -2.41. The molecular formula is C16H26N2O4S. The number of benzene rings is 1. The Morgan fingerprint density at radius 3 is 2.30 bits per heavy atom. The van der Waals surface area contributed by atoms with Gasteiger partial charge in [0.25, 0.3) is 0 Å². The number of nitrogens with one attached hydrogen (secondary N) is 1. The van der Waals surface area contributed by atoms with E-state index >= 15 is 0 Å². The van der Waals surface area contributed by atoms with E-state index in [-0.39, 0.29) is 19.1 Å². The van der Waals surface area contributed by atoms with Gasteiger partial charge in [-0.15, -0.1) is 0 Å². The van der Waals surface area contributed by atoms with Crippen LogP contribution in [0.1, 0.15) is 39.3 Å². The molecule has 0 heterocycles. The molecule has 0 radical (unpaired) electrons. The number of sulfonamides is 1. The van der Waals surface area contributed by atoms with Crippen molar-refractivity contribution in [2.45, 2.75) is 39.3 Å². The fourth-order valence-corrected chi connectivity index (χ4v) is 3.25. The predicted molar refractivity (Wildman–Crippen MR) is 90.6 cm³/mol. The number of hydrogen-bond acceptors (Lipinski definition) is 4. The zero-order valence-corrected chi connectivity index (χ0v) is 15.2. The molecule has 1 atom stereocenters. The maximum atomic E-state index is 12.0. The summed E-state index contributed by atoms with van der Waals surface area (Å²) in [6.07, 6.45) is 0.609. The lowest BCUT2D eigenvalue weighted by atomic mass is 10.1. The number of carbonyl (C=O) groups is 1. The van der Waals surface area contributed by atoms with Gasteiger partial charge < -0.3 is 10.1 Å². The van der Waals surface area contributed by atoms with Crippen LogP contribution in [0.2, 0.25) is 0 Å². The highest BCUT2D eigenvalue weighted by Crippen LogP contribution is 2.21. The van der Waals surface area contributed by atoms with Crippen LogP contribution in [-0.4, -0.2) is 43.8 Å². The lowest BCUT2D eigenvalue weighted by molar-refractivity contribution is 0.0524. The highest BCUT2D eigenvalue weighted by atomic mass is 32.2. The van der Waals surface area contributed by atoms with Crippen molar-refractivity contribution in [1.29, 1.82) is 0 Å². The molecule has 0 saturated carbocycles. The number of rotatable bonds is 6. The van der Waals surface area contributed by atoms with Gasteiger partial charge in [-0.25, -0.2) is 13.2 Å². The second kappa shape index (κ2) is 7.79. The molecule has 1 N–H and O–H groups in total. The third kappa shape index (κ3) is 7.00. The van der Waals surface area contributed by atoms with Gasteiger partial charge in [0.15, 0.2) is 0 Å². The van der Waals surface area contributed by atoms with E-state index in [2.05, 4.69) is 5.32 Å². The van der Waals surface area contributed by atoms with Gasteiger partial charge in [0.05, 0.1) is 6.26 Å². The zero-order valence-electron chi connectivity index (χ0n) is 14.4. The van der Waals surface area contributed by atoms with Gasteiger partial charge in [-0.2, -0.15) is 4.31 Å². The van der Waals surface area contributed by atoms with Crippen molar-refractivity contribution < 1.29 is 17.9 Å². The monoisotopic (exact) mass is 342 g/mol. The predicted octanol–water partition coefficient (Wildman–Crippen LogP) is 2.53. The van der Waals surface area contributed by atoms with Crippen LogP contribution in [-0.2, 0) is 14.8 Å². The Bertz CT molecular complexity index is 609. The second-order valence-electron chi connectivity index (χ2n) is 6.39. The number of nitrogens with zero attached hydrogens (tertiary/aromatic N) is 1. The molecule has 23 heavy (non-hydrogen) atoms. The molecule has 0 aliphatic heterocycles. The number of ether oxygens (including phenoxy) is 1. The summed E-state index contributed by atoms with van der Waals surface area (Å²) in [5, 5.41) is 2.58. The summed E-state index contributed by atoms with van der Waals surface area (Å²) in [6, 6.07) is 9.06. The first kappa shape index (κ1) is 19.4. The molecule has 1 rings (SSSR count). The average molecular weight is 342 g/mol. The molecule has 0 aromatic heterocycles. The Hall–Kier alpha value is -1.60. The third-order valence-corrected chi connectivity index (χ3v) is 4.49. The summed E-state index contributed by atoms with van der Waals surface area (Å²) < 4.78 is 30.6. The van der Waals surface area contributed by atoms with Crippen molar-refractivity contribution in [2.75, 3.05) is 19.3 Å². The zero-order chi connectivity index (χ0) is 17.7. The normalized spacial score (nSPS) is 13.7. The Morgan fingerprint density at radius 1 is 1.26 bits per heavy atom. The van der Waals surface area contributed by atoms with Gasteiger partial charge >= 0.3 is 6.09 Å². The maximum absolute atomic E-state index is 12.0. The molecule has 0 spiro atoms. The molecule has 130 valence electrons. The SMILES string of the molecule is CC(c1ccccc1)N(CCNC(=O)OC(C)(C)C)S(C)(=O)=O. The topological polar surface area (TPSA) is 75.7 Å². The molecule has 6 nitrogen and oxygen atoms in total. The molecule has 0 saturated heterocycles. The minimum atomic E-state index is -3.40. The molecule has 1 aromatic rings. The van der Waals surface area contributed by atoms with Crippen LogP contribution >= 0.6 is 0 Å². The fourth-order valence-electron chi connectivity index (χ4n) is 2.13. The minimum absolute atomic E-state index is 0.175. The number of hydrogen-bond donors (Lipinski definition) is 1. The standard InChI is InChI=1S/C16H26N2O4S/c1-13(14-9-7-6-8-10-14)18(23(5,20)21)12-11-17-15(19)22-16(2,3)4/h6-10,13H,11-12H2,1-5H3,(H,17,19). The Kier molecular flexibility index (Phi) is 6.58. The highest BCUT2D eigenvalue weighted by molar-refractivity contribution is 7.88. The molecule has 1 amide bonds. The van der Waals surface area contributed by atoms with Crippen molar-refractivity contribution in [3.63, 3.8) is 0 Å². The van der Waals surface area contributed by atoms with Crippen molar-refractivity contribution in [3.05, 3.63) is 35.9 Å². The van der Waals surface area contributed by atoms with Crippen molar-refractivity contribution in [3.8, 4) is 0 Å². The Balaban J connectivity index is 2.69. The van der Waals surface area contributed by atoms with Crippen LogP contribution in [0.15, 0.2) is 30.3 Å². The van der Waals surface area contributed by atoms with Gasteiger partial charge in [0.2, 0.25) is 10.0 Å². The molecule has 7 heteroatoms. The number of carbonyl (C=O) groups excluding carboxylic acids is 1. The molecule has 0 bridgehead atoms. The van der Waals surface area contributed by atoms with Crippen molar-refractivity contribution >= 4 is 16.1 Å². The van der Waals surface area contributed by atoms with E-state index in [1.165, 1.54) is 10.6 Å². The van der Waals surface area contributed by atoms with E-state index in [4.69, 9.17) is 4.74 Å². The molecule has 0 aliphatic carbocycles. The van der Waals surface area contributed by atoms with E-state index in [1.54, 1.807) is 20.8 Å². The van der Waals surface area contributed by atoms with E-state index in [9.17, 15) is 13.2 Å². The molecular weight excluding hydrogens is 316 g/mol. The van der Waals surface area contributed by atoms with Gasteiger partial charge in [-0.05, 0) is 33.3 Å². The second-order valence-corrected chi connectivity index (χ2v) is 8.32. The van der Waals surface area contributed by atoms with Crippen LogP contribution in [0.25, 0.3) is 0 Å². The number of alkyl carbamates (subject to hydrolysis) is 1. The van der Waals surface area contributed by atoms with Crippen molar-refractivity contribution in [1.82, 2.24) is 9.62 Å². The fraction of sp³-hybridized carbons (Fsp3) is 0.562. The van der Waals surface area contributed by atoms with E-state index in [0.29, 0.717) is 0 Å². The van der Waals surface area contributed by atoms with E-state index in [0.717, 1.165) is 5.56 Å². The quantitative estimate of drug-likeness (QED) is 0.862. The van der Waals surface area contributed by atoms with Gasteiger partial charge in [0, 0.05) is 19.1 Å². The molecule has 0 aliphatic rings. The largest absolute Gasteiger partial charge is 0.444 e. The average Bonchev–Trinajstić information content (AvgIpc) is 2.40. The van der Waals surface area contributed by atoms with E-state index < -0.39 is 21.7 Å². The van der Waals surface area contributed by atoms with E-state index in [1.807, 2.05) is 37.3 Å². The van der Waals surface area contributed by atoms with Gasteiger partial charge in [0.1, 0.15) is 5.60 Å². The van der Waals surface area contributed by atoms with Crippen molar-refractivity contribution in [2.24, 2.45) is 0 Å². The maximum Gasteiger partial charge on any atom is 0.407 e. The van der Waals surface area contributed by atoms with Crippen LogP contribution in [0.5, 0.6) is 0 Å². The van der Waals surface area contributed by atoms with Crippen LogP contribution < -0.4 is 5.32 Å². The molecule has 1 unspecified atom stereocenters. The first-order chi connectivity index (χ1) is 10.5. The van der Waals surface area contributed by atoms with Crippen LogP contribution in [0, 0.1) is 0 Å². The third-order valence-electron chi connectivity index (χ3n) is 3.14. The highest BCUT2D eigenvalue weighted by Gasteiger charge is 2.24. The van der Waals surface area contributed by atoms with Crippen LogP contribution in [0.3, 0.4) is 0 Å². The lowest BCUT2D eigenvalue weighted by Gasteiger charge is -2.27.